The standard InChI is InChI=1S/C14H19NO3/c1-17-13-9-5-8-12(18-13)10-15-14(16)11-6-3-2-4-7-11/h2-4,6-7,12-13H,5,8-10H2,1H3,(H,15,16)/t12-,13+/m0/s1. The maximum absolute atomic E-state index is 11.8. The van der Waals surface area contributed by atoms with Crippen molar-refractivity contribution < 1.29 is 14.3 Å². The molecule has 18 heavy (non-hydrogen) atoms. The van der Waals surface area contributed by atoms with Crippen molar-refractivity contribution in [2.24, 2.45) is 0 Å². The molecule has 1 saturated heterocycles. The van der Waals surface area contributed by atoms with Gasteiger partial charge in [-0.05, 0) is 31.4 Å². The smallest absolute Gasteiger partial charge is 0.251 e. The fourth-order valence-corrected chi connectivity index (χ4v) is 2.08. The minimum Gasteiger partial charge on any atom is -0.356 e. The number of carbonyl (C=O) groups is 1. The Morgan fingerprint density at radius 2 is 2.17 bits per heavy atom. The number of carbonyl (C=O) groups excluding carboxylic acids is 1. The van der Waals surface area contributed by atoms with Crippen LogP contribution < -0.4 is 5.32 Å². The average Bonchev–Trinajstić information content (AvgIpc) is 2.46. The molecule has 2 rings (SSSR count). The first kappa shape index (κ1) is 13.1. The zero-order valence-electron chi connectivity index (χ0n) is 10.6. The van der Waals surface area contributed by atoms with Crippen LogP contribution in [-0.4, -0.2) is 32.0 Å². The van der Waals surface area contributed by atoms with Crippen molar-refractivity contribution in [2.75, 3.05) is 13.7 Å². The molecule has 1 heterocycles. The number of ether oxygens (including phenoxy) is 2. The fraction of sp³-hybridized carbons (Fsp3) is 0.500. The SMILES string of the molecule is CO[C@H]1CCC[C@@H](CNC(=O)c2ccccc2)O1. The molecule has 4 heteroatoms. The first-order valence-corrected chi connectivity index (χ1v) is 6.31. The maximum Gasteiger partial charge on any atom is 0.251 e. The molecule has 0 spiro atoms. The summed E-state index contributed by atoms with van der Waals surface area (Å²) in [7, 11) is 1.65. The Kier molecular flexibility index (Phi) is 4.73. The summed E-state index contributed by atoms with van der Waals surface area (Å²) in [4.78, 5) is 11.8. The number of benzene rings is 1. The lowest BCUT2D eigenvalue weighted by Crippen LogP contribution is -2.38. The van der Waals surface area contributed by atoms with Crippen LogP contribution in [0.3, 0.4) is 0 Å². The van der Waals surface area contributed by atoms with Crippen LogP contribution in [0.15, 0.2) is 30.3 Å². The fourth-order valence-electron chi connectivity index (χ4n) is 2.08. The number of hydrogen-bond acceptors (Lipinski definition) is 3. The summed E-state index contributed by atoms with van der Waals surface area (Å²) >= 11 is 0. The monoisotopic (exact) mass is 249 g/mol. The molecule has 0 aromatic heterocycles. The van der Waals surface area contributed by atoms with Gasteiger partial charge in [-0.1, -0.05) is 18.2 Å². The third-order valence-corrected chi connectivity index (χ3v) is 3.10. The van der Waals surface area contributed by atoms with E-state index >= 15 is 0 Å². The molecule has 1 N–H and O–H groups in total. The summed E-state index contributed by atoms with van der Waals surface area (Å²) in [5.74, 6) is -0.0567. The highest BCUT2D eigenvalue weighted by molar-refractivity contribution is 5.94. The van der Waals surface area contributed by atoms with Crippen LogP contribution in [0.25, 0.3) is 0 Å². The highest BCUT2D eigenvalue weighted by atomic mass is 16.7. The Bertz CT molecular complexity index is 380. The Labute approximate surface area is 107 Å². The Morgan fingerprint density at radius 1 is 1.39 bits per heavy atom. The van der Waals surface area contributed by atoms with Gasteiger partial charge in [0.05, 0.1) is 6.10 Å². The molecule has 4 nitrogen and oxygen atoms in total. The largest absolute Gasteiger partial charge is 0.356 e. The van der Waals surface area contributed by atoms with Crippen molar-refractivity contribution in [3.05, 3.63) is 35.9 Å². The lowest BCUT2D eigenvalue weighted by molar-refractivity contribution is -0.177. The van der Waals surface area contributed by atoms with Gasteiger partial charge in [0.25, 0.3) is 5.91 Å². The van der Waals surface area contributed by atoms with Crippen LogP contribution in [0, 0.1) is 0 Å². The van der Waals surface area contributed by atoms with Crippen LogP contribution in [0.1, 0.15) is 29.6 Å². The highest BCUT2D eigenvalue weighted by Crippen LogP contribution is 2.18. The molecule has 0 bridgehead atoms. The zero-order chi connectivity index (χ0) is 12.8. The van der Waals surface area contributed by atoms with E-state index in [1.807, 2.05) is 18.2 Å². The third-order valence-electron chi connectivity index (χ3n) is 3.10. The molecule has 0 saturated carbocycles. The van der Waals surface area contributed by atoms with E-state index in [4.69, 9.17) is 9.47 Å². The molecule has 1 aliphatic rings. The predicted octanol–water partition coefficient (Wildman–Crippen LogP) is 1.96. The second-order valence-electron chi connectivity index (χ2n) is 4.43. The van der Waals surface area contributed by atoms with Gasteiger partial charge in [-0.3, -0.25) is 4.79 Å². The average molecular weight is 249 g/mol. The molecular weight excluding hydrogens is 230 g/mol. The highest BCUT2D eigenvalue weighted by Gasteiger charge is 2.22. The molecule has 1 amide bonds. The van der Waals surface area contributed by atoms with E-state index in [2.05, 4.69) is 5.32 Å². The minimum absolute atomic E-state index is 0.0522. The van der Waals surface area contributed by atoms with Crippen molar-refractivity contribution >= 4 is 5.91 Å². The van der Waals surface area contributed by atoms with Gasteiger partial charge in [-0.25, -0.2) is 0 Å². The van der Waals surface area contributed by atoms with E-state index in [0.717, 1.165) is 19.3 Å². The van der Waals surface area contributed by atoms with Gasteiger partial charge >= 0.3 is 0 Å². The predicted molar refractivity (Wildman–Crippen MR) is 68.3 cm³/mol. The van der Waals surface area contributed by atoms with Crippen molar-refractivity contribution in [2.45, 2.75) is 31.7 Å². The first-order chi connectivity index (χ1) is 8.79. The van der Waals surface area contributed by atoms with Crippen molar-refractivity contribution in [1.82, 2.24) is 5.32 Å². The molecule has 0 radical (unpaired) electrons. The van der Waals surface area contributed by atoms with Gasteiger partial charge in [-0.15, -0.1) is 0 Å². The summed E-state index contributed by atoms with van der Waals surface area (Å²) < 4.78 is 10.9. The first-order valence-electron chi connectivity index (χ1n) is 6.31. The summed E-state index contributed by atoms with van der Waals surface area (Å²) in [6.07, 6.45) is 2.90. The van der Waals surface area contributed by atoms with Crippen molar-refractivity contribution in [3.63, 3.8) is 0 Å². The molecule has 1 fully saturated rings. The molecule has 0 unspecified atom stereocenters. The lowest BCUT2D eigenvalue weighted by Gasteiger charge is -2.29. The quantitative estimate of drug-likeness (QED) is 0.887. The molecule has 1 aromatic carbocycles. The Balaban J connectivity index is 1.79. The summed E-state index contributed by atoms with van der Waals surface area (Å²) in [5.41, 5.74) is 0.677. The molecule has 0 aliphatic carbocycles. The van der Waals surface area contributed by atoms with E-state index < -0.39 is 0 Å². The summed E-state index contributed by atoms with van der Waals surface area (Å²) in [6.45, 7) is 0.535. The van der Waals surface area contributed by atoms with E-state index in [0.29, 0.717) is 12.1 Å². The number of amides is 1. The number of rotatable bonds is 4. The molecular formula is C14H19NO3. The maximum atomic E-state index is 11.8. The van der Waals surface area contributed by atoms with Crippen molar-refractivity contribution in [3.8, 4) is 0 Å². The van der Waals surface area contributed by atoms with Crippen LogP contribution in [-0.2, 0) is 9.47 Å². The Hall–Kier alpha value is -1.39. The molecule has 1 aliphatic heterocycles. The van der Waals surface area contributed by atoms with E-state index in [1.165, 1.54) is 0 Å². The molecule has 98 valence electrons. The summed E-state index contributed by atoms with van der Waals surface area (Å²) in [5, 5.41) is 2.89. The van der Waals surface area contributed by atoms with Gasteiger partial charge in [0.2, 0.25) is 0 Å². The second-order valence-corrected chi connectivity index (χ2v) is 4.43. The van der Waals surface area contributed by atoms with Gasteiger partial charge in [0, 0.05) is 19.2 Å². The van der Waals surface area contributed by atoms with E-state index in [-0.39, 0.29) is 18.3 Å². The number of hydrogen-bond donors (Lipinski definition) is 1. The second kappa shape index (κ2) is 6.52. The van der Waals surface area contributed by atoms with Crippen molar-refractivity contribution in [1.29, 1.82) is 0 Å². The number of methoxy groups -OCH3 is 1. The van der Waals surface area contributed by atoms with Gasteiger partial charge in [-0.2, -0.15) is 0 Å². The van der Waals surface area contributed by atoms with E-state index in [1.54, 1.807) is 19.2 Å². The van der Waals surface area contributed by atoms with E-state index in [9.17, 15) is 4.79 Å². The van der Waals surface area contributed by atoms with Crippen LogP contribution in [0.5, 0.6) is 0 Å². The summed E-state index contributed by atoms with van der Waals surface area (Å²) in [6, 6.07) is 9.20. The van der Waals surface area contributed by atoms with Crippen LogP contribution in [0.2, 0.25) is 0 Å². The topological polar surface area (TPSA) is 47.6 Å². The zero-order valence-corrected chi connectivity index (χ0v) is 10.6. The van der Waals surface area contributed by atoms with Crippen LogP contribution in [0.4, 0.5) is 0 Å². The normalized spacial score (nSPS) is 23.6. The van der Waals surface area contributed by atoms with Crippen LogP contribution >= 0.6 is 0 Å². The number of nitrogens with one attached hydrogen (secondary N) is 1. The van der Waals surface area contributed by atoms with Gasteiger partial charge in [0.1, 0.15) is 0 Å². The Morgan fingerprint density at radius 3 is 2.89 bits per heavy atom. The lowest BCUT2D eigenvalue weighted by atomic mass is 10.1. The van der Waals surface area contributed by atoms with Gasteiger partial charge < -0.3 is 14.8 Å². The molecule has 1 aromatic rings. The molecule has 2 atom stereocenters. The third kappa shape index (κ3) is 3.55. The minimum atomic E-state index is -0.127. The van der Waals surface area contributed by atoms with Gasteiger partial charge in [0.15, 0.2) is 6.29 Å².